The number of halogens is 2. The second-order valence-electron chi connectivity index (χ2n) is 7.98. The van der Waals surface area contributed by atoms with Crippen molar-refractivity contribution in [3.63, 3.8) is 0 Å². The second-order valence-corrected chi connectivity index (χ2v) is 7.98. The molecule has 0 bridgehead atoms. The highest BCUT2D eigenvalue weighted by Gasteiger charge is 2.30. The van der Waals surface area contributed by atoms with E-state index in [4.69, 9.17) is 4.74 Å². The molecule has 0 spiro atoms. The molecule has 0 radical (unpaired) electrons. The lowest BCUT2D eigenvalue weighted by molar-refractivity contribution is 0.0498. The summed E-state index contributed by atoms with van der Waals surface area (Å²) >= 11 is 0. The Bertz CT molecular complexity index is 842. The number of rotatable bonds is 2. The van der Waals surface area contributed by atoms with Crippen LogP contribution in [0.2, 0.25) is 0 Å². The van der Waals surface area contributed by atoms with Crippen molar-refractivity contribution in [1.29, 1.82) is 0 Å². The molecule has 27 heavy (non-hydrogen) atoms. The topological polar surface area (TPSA) is 56.2 Å². The van der Waals surface area contributed by atoms with Gasteiger partial charge in [0.25, 0.3) is 0 Å². The zero-order valence-corrected chi connectivity index (χ0v) is 16.1. The van der Waals surface area contributed by atoms with Crippen molar-refractivity contribution >= 4 is 6.09 Å². The van der Waals surface area contributed by atoms with Gasteiger partial charge in [-0.2, -0.15) is 0 Å². The summed E-state index contributed by atoms with van der Waals surface area (Å²) in [6.45, 7) is 7.79. The van der Waals surface area contributed by atoms with Crippen LogP contribution in [0.1, 0.15) is 62.7 Å². The summed E-state index contributed by atoms with van der Waals surface area (Å²) in [4.78, 5) is 16.7. The fourth-order valence-electron chi connectivity index (χ4n) is 3.48. The Balaban J connectivity index is 1.87. The summed E-state index contributed by atoms with van der Waals surface area (Å²) in [5.41, 5.74) is 0.657. The van der Waals surface area contributed by atoms with E-state index >= 15 is 0 Å². The van der Waals surface area contributed by atoms with Gasteiger partial charge >= 0.3 is 6.09 Å². The normalized spacial score (nSPS) is 19.9. The van der Waals surface area contributed by atoms with E-state index in [1.165, 1.54) is 6.07 Å². The first-order valence-corrected chi connectivity index (χ1v) is 9.11. The minimum Gasteiger partial charge on any atom is -0.444 e. The molecule has 1 aromatic heterocycles. The minimum absolute atomic E-state index is 0.210. The standard InChI is InChI=1S/C20H25F2N3O2/c1-12-10-23-18-16(24-19(26)27-20(2,3)4)9-8-13(11-25(12)18)14-6-5-7-15(21)17(14)22/h5-7,10,13,16H,8-9,11H2,1-4H3,(H,24,26)/t13-,16-/m1/s1. The van der Waals surface area contributed by atoms with Gasteiger partial charge in [0.15, 0.2) is 11.6 Å². The maximum atomic E-state index is 14.3. The van der Waals surface area contributed by atoms with Crippen LogP contribution in [-0.4, -0.2) is 21.2 Å². The molecule has 2 aromatic rings. The molecule has 0 aliphatic carbocycles. The molecular weight excluding hydrogens is 352 g/mol. The lowest BCUT2D eigenvalue weighted by Crippen LogP contribution is -2.35. The zero-order valence-electron chi connectivity index (χ0n) is 16.1. The van der Waals surface area contributed by atoms with Gasteiger partial charge in [-0.15, -0.1) is 0 Å². The van der Waals surface area contributed by atoms with Crippen molar-refractivity contribution in [2.45, 2.75) is 64.6 Å². The Morgan fingerprint density at radius 2 is 2.04 bits per heavy atom. The molecule has 1 aliphatic heterocycles. The quantitative estimate of drug-likeness (QED) is 0.831. The van der Waals surface area contributed by atoms with E-state index < -0.39 is 23.3 Å². The van der Waals surface area contributed by atoms with E-state index in [9.17, 15) is 13.6 Å². The monoisotopic (exact) mass is 377 g/mol. The summed E-state index contributed by atoms with van der Waals surface area (Å²) in [5, 5.41) is 2.87. The van der Waals surface area contributed by atoms with E-state index in [-0.39, 0.29) is 12.0 Å². The molecule has 1 aliphatic rings. The molecule has 1 amide bonds. The van der Waals surface area contributed by atoms with E-state index in [1.54, 1.807) is 33.0 Å². The predicted molar refractivity (Wildman–Crippen MR) is 97.4 cm³/mol. The molecule has 0 unspecified atom stereocenters. The zero-order chi connectivity index (χ0) is 19.8. The van der Waals surface area contributed by atoms with Gasteiger partial charge in [-0.05, 0) is 52.2 Å². The number of hydrogen-bond donors (Lipinski definition) is 1. The van der Waals surface area contributed by atoms with Gasteiger partial charge in [-0.1, -0.05) is 12.1 Å². The van der Waals surface area contributed by atoms with E-state index in [1.807, 2.05) is 11.5 Å². The van der Waals surface area contributed by atoms with Gasteiger partial charge in [0, 0.05) is 24.4 Å². The van der Waals surface area contributed by atoms with Crippen molar-refractivity contribution in [1.82, 2.24) is 14.9 Å². The summed E-state index contributed by atoms with van der Waals surface area (Å²) < 4.78 is 35.3. The third kappa shape index (κ3) is 4.28. The maximum absolute atomic E-state index is 14.3. The number of carbonyl (C=O) groups is 1. The maximum Gasteiger partial charge on any atom is 0.408 e. The van der Waals surface area contributed by atoms with Crippen molar-refractivity contribution in [2.24, 2.45) is 0 Å². The molecule has 146 valence electrons. The Hall–Kier alpha value is -2.44. The van der Waals surface area contributed by atoms with E-state index in [0.29, 0.717) is 30.8 Å². The summed E-state index contributed by atoms with van der Waals surface area (Å²) in [6.07, 6.45) is 2.35. The highest BCUT2D eigenvalue weighted by molar-refractivity contribution is 5.68. The van der Waals surface area contributed by atoms with Crippen LogP contribution >= 0.6 is 0 Å². The number of nitrogens with zero attached hydrogens (tertiary/aromatic N) is 2. The Kier molecular flexibility index (Phi) is 5.22. The number of fused-ring (bicyclic) bond motifs is 1. The number of hydrogen-bond acceptors (Lipinski definition) is 3. The molecule has 0 saturated heterocycles. The molecule has 0 saturated carbocycles. The van der Waals surface area contributed by atoms with Crippen LogP contribution in [0, 0.1) is 18.6 Å². The molecule has 7 heteroatoms. The molecule has 0 fully saturated rings. The minimum atomic E-state index is -0.845. The van der Waals surface area contributed by atoms with Crippen molar-refractivity contribution in [2.75, 3.05) is 0 Å². The smallest absolute Gasteiger partial charge is 0.408 e. The third-order valence-electron chi connectivity index (χ3n) is 4.72. The molecule has 2 atom stereocenters. The van der Waals surface area contributed by atoms with Crippen LogP contribution in [0.15, 0.2) is 24.4 Å². The largest absolute Gasteiger partial charge is 0.444 e. The fourth-order valence-corrected chi connectivity index (χ4v) is 3.48. The SMILES string of the molecule is Cc1cnc2n1C[C@H](c1cccc(F)c1F)CC[C@H]2NC(=O)OC(C)(C)C. The van der Waals surface area contributed by atoms with Crippen LogP contribution in [-0.2, 0) is 11.3 Å². The van der Waals surface area contributed by atoms with Crippen molar-refractivity contribution in [3.05, 3.63) is 53.1 Å². The molecule has 5 nitrogen and oxygen atoms in total. The lowest BCUT2D eigenvalue weighted by atomic mass is 9.93. The average molecular weight is 377 g/mol. The van der Waals surface area contributed by atoms with E-state index in [2.05, 4.69) is 10.3 Å². The summed E-state index contributed by atoms with van der Waals surface area (Å²) in [7, 11) is 0. The number of aryl methyl sites for hydroxylation is 1. The summed E-state index contributed by atoms with van der Waals surface area (Å²) in [5.74, 6) is -1.15. The van der Waals surface area contributed by atoms with Gasteiger partial charge in [-0.3, -0.25) is 0 Å². The van der Waals surface area contributed by atoms with Crippen LogP contribution < -0.4 is 5.32 Å². The predicted octanol–water partition coefficient (Wildman–Crippen LogP) is 4.61. The number of ether oxygens (including phenoxy) is 1. The number of carbonyl (C=O) groups excluding carboxylic acids is 1. The molecule has 3 rings (SSSR count). The number of alkyl carbamates (subject to hydrolysis) is 1. The van der Waals surface area contributed by atoms with Crippen LogP contribution in [0.25, 0.3) is 0 Å². The number of imidazole rings is 1. The first-order chi connectivity index (χ1) is 12.7. The van der Waals surface area contributed by atoms with Crippen LogP contribution in [0.3, 0.4) is 0 Å². The number of benzene rings is 1. The number of nitrogens with one attached hydrogen (secondary N) is 1. The fraction of sp³-hybridized carbons (Fsp3) is 0.500. The average Bonchev–Trinajstić information content (AvgIpc) is 2.81. The van der Waals surface area contributed by atoms with Crippen molar-refractivity contribution in [3.8, 4) is 0 Å². The van der Waals surface area contributed by atoms with Gasteiger partial charge in [-0.25, -0.2) is 18.6 Å². The Labute approximate surface area is 157 Å². The van der Waals surface area contributed by atoms with Gasteiger partial charge in [0.1, 0.15) is 11.4 Å². The highest BCUT2D eigenvalue weighted by Crippen LogP contribution is 2.35. The summed E-state index contributed by atoms with van der Waals surface area (Å²) in [6, 6.07) is 3.92. The van der Waals surface area contributed by atoms with Crippen molar-refractivity contribution < 1.29 is 18.3 Å². The van der Waals surface area contributed by atoms with Gasteiger partial charge < -0.3 is 14.6 Å². The number of aromatic nitrogens is 2. The third-order valence-corrected chi connectivity index (χ3v) is 4.72. The first kappa shape index (κ1) is 19.3. The van der Waals surface area contributed by atoms with Gasteiger partial charge in [0.2, 0.25) is 0 Å². The highest BCUT2D eigenvalue weighted by atomic mass is 19.2. The first-order valence-electron chi connectivity index (χ1n) is 9.11. The Morgan fingerprint density at radius 1 is 1.30 bits per heavy atom. The van der Waals surface area contributed by atoms with Crippen LogP contribution in [0.5, 0.6) is 0 Å². The molecule has 1 aromatic carbocycles. The van der Waals surface area contributed by atoms with E-state index in [0.717, 1.165) is 11.8 Å². The number of amides is 1. The Morgan fingerprint density at radius 3 is 2.74 bits per heavy atom. The molecular formula is C20H25F2N3O2. The van der Waals surface area contributed by atoms with Gasteiger partial charge in [0.05, 0.1) is 6.04 Å². The van der Waals surface area contributed by atoms with Crippen LogP contribution in [0.4, 0.5) is 13.6 Å². The molecule has 2 heterocycles. The molecule has 1 N–H and O–H groups in total. The lowest BCUT2D eigenvalue weighted by Gasteiger charge is -2.23. The second kappa shape index (κ2) is 7.29.